The molecule has 1 unspecified atom stereocenters. The minimum atomic E-state index is 0.128. The molecule has 0 aromatic rings. The highest BCUT2D eigenvalue weighted by Gasteiger charge is 2.20. The molecule has 17 heavy (non-hydrogen) atoms. The maximum absolute atomic E-state index is 10.1. The molecule has 0 saturated carbocycles. The normalized spacial score (nSPS) is 14.1. The number of nitrogens with one attached hydrogen (secondary N) is 1. The smallest absolute Gasteiger partial charge is 0.160 e. The first kappa shape index (κ1) is 15.6. The monoisotopic (exact) mass is 238 g/mol. The molecule has 0 amide bonds. The van der Waals surface area contributed by atoms with Gasteiger partial charge in [0.15, 0.2) is 6.29 Å². The highest BCUT2D eigenvalue weighted by atomic mass is 16.1. The summed E-state index contributed by atoms with van der Waals surface area (Å²) < 4.78 is 0. The fraction of sp³-hybridized carbons (Fsp3) is 0.615. The number of aliphatic imine (C=N–C) groups is 1. The van der Waals surface area contributed by atoms with E-state index in [0.717, 1.165) is 19.3 Å². The highest BCUT2D eigenvalue weighted by molar-refractivity contribution is 6.12. The quantitative estimate of drug-likeness (QED) is 0.377. The predicted octanol–water partition coefficient (Wildman–Crippen LogP) is 1.61. The van der Waals surface area contributed by atoms with Gasteiger partial charge in [0.2, 0.25) is 0 Å². The number of allylic oxidation sites excluding steroid dienone is 1. The third-order valence-electron chi connectivity index (χ3n) is 2.36. The van der Waals surface area contributed by atoms with Gasteiger partial charge in [-0.2, -0.15) is 0 Å². The van der Waals surface area contributed by atoms with E-state index in [2.05, 4.69) is 31.1 Å². The van der Waals surface area contributed by atoms with Crippen LogP contribution in [0.3, 0.4) is 0 Å². The van der Waals surface area contributed by atoms with Crippen molar-refractivity contribution >= 4 is 18.8 Å². The molecule has 0 aromatic carbocycles. The maximum Gasteiger partial charge on any atom is 0.160 e. The third kappa shape index (κ3) is 9.48. The Bertz CT molecular complexity index is 283. The van der Waals surface area contributed by atoms with Gasteiger partial charge in [-0.15, -0.1) is 0 Å². The van der Waals surface area contributed by atoms with E-state index in [4.69, 9.17) is 0 Å². The van der Waals surface area contributed by atoms with Crippen molar-refractivity contribution in [2.24, 2.45) is 16.3 Å². The van der Waals surface area contributed by atoms with Gasteiger partial charge in [0.1, 0.15) is 6.29 Å². The van der Waals surface area contributed by atoms with E-state index in [-0.39, 0.29) is 5.41 Å². The zero-order chi connectivity index (χ0) is 13.1. The molecule has 4 nitrogen and oxygen atoms in total. The van der Waals surface area contributed by atoms with Gasteiger partial charge in [-0.3, -0.25) is 14.6 Å². The van der Waals surface area contributed by atoms with Crippen LogP contribution in [0.1, 0.15) is 27.2 Å². The van der Waals surface area contributed by atoms with Gasteiger partial charge in [0.25, 0.3) is 0 Å². The first-order chi connectivity index (χ1) is 8.02. The SMILES string of the molecule is CC(CN=CC=O)CC(C)(C)CNC=CC=O. The molecule has 0 heterocycles. The van der Waals surface area contributed by atoms with Crippen LogP contribution in [-0.4, -0.2) is 31.9 Å². The average molecular weight is 238 g/mol. The number of rotatable bonds is 9. The van der Waals surface area contributed by atoms with E-state index in [1.807, 2.05) is 0 Å². The number of nitrogens with zero attached hydrogens (tertiary/aromatic N) is 1. The van der Waals surface area contributed by atoms with Gasteiger partial charge in [-0.1, -0.05) is 20.8 Å². The van der Waals surface area contributed by atoms with Crippen molar-refractivity contribution in [1.82, 2.24) is 5.32 Å². The Kier molecular flexibility index (Phi) is 7.93. The fourth-order valence-corrected chi connectivity index (χ4v) is 1.81. The lowest BCUT2D eigenvalue weighted by atomic mass is 9.83. The molecule has 4 heteroatoms. The molecule has 0 radical (unpaired) electrons. The summed E-state index contributed by atoms with van der Waals surface area (Å²) in [5.41, 5.74) is 0.128. The first-order valence-corrected chi connectivity index (χ1v) is 5.79. The van der Waals surface area contributed by atoms with Crippen LogP contribution in [0.5, 0.6) is 0 Å². The van der Waals surface area contributed by atoms with Crippen molar-refractivity contribution < 1.29 is 9.59 Å². The second-order valence-electron chi connectivity index (χ2n) is 5.00. The van der Waals surface area contributed by atoms with Crippen molar-refractivity contribution in [2.45, 2.75) is 27.2 Å². The van der Waals surface area contributed by atoms with Crippen molar-refractivity contribution in [3.05, 3.63) is 12.3 Å². The number of hydrogen-bond acceptors (Lipinski definition) is 4. The zero-order valence-electron chi connectivity index (χ0n) is 10.8. The van der Waals surface area contributed by atoms with Gasteiger partial charge in [0.05, 0.1) is 6.21 Å². The molecule has 0 fully saturated rings. The van der Waals surface area contributed by atoms with Crippen LogP contribution < -0.4 is 5.32 Å². The maximum atomic E-state index is 10.1. The molecule has 0 aromatic heterocycles. The Hall–Kier alpha value is -1.45. The summed E-state index contributed by atoms with van der Waals surface area (Å²) in [5.74, 6) is 0.429. The van der Waals surface area contributed by atoms with Crippen LogP contribution >= 0.6 is 0 Å². The molecule has 0 aliphatic rings. The topological polar surface area (TPSA) is 58.5 Å². The van der Waals surface area contributed by atoms with Crippen molar-refractivity contribution in [2.75, 3.05) is 13.1 Å². The van der Waals surface area contributed by atoms with E-state index >= 15 is 0 Å². The van der Waals surface area contributed by atoms with E-state index in [0.29, 0.717) is 18.7 Å². The van der Waals surface area contributed by atoms with Gasteiger partial charge in [0, 0.05) is 13.1 Å². The van der Waals surface area contributed by atoms with Gasteiger partial charge >= 0.3 is 0 Å². The fourth-order valence-electron chi connectivity index (χ4n) is 1.81. The van der Waals surface area contributed by atoms with E-state index in [9.17, 15) is 9.59 Å². The molecule has 0 saturated heterocycles. The molecule has 1 atom stereocenters. The number of hydrogen-bond donors (Lipinski definition) is 1. The van der Waals surface area contributed by atoms with Crippen LogP contribution in [0.25, 0.3) is 0 Å². The van der Waals surface area contributed by atoms with Crippen LogP contribution in [0.15, 0.2) is 17.3 Å². The Morgan fingerprint density at radius 2 is 2.00 bits per heavy atom. The number of carbonyl (C=O) groups is 2. The summed E-state index contributed by atoms with van der Waals surface area (Å²) in [6.45, 7) is 7.92. The molecular weight excluding hydrogens is 216 g/mol. The minimum Gasteiger partial charge on any atom is -0.390 e. The lowest BCUT2D eigenvalue weighted by Gasteiger charge is -2.27. The third-order valence-corrected chi connectivity index (χ3v) is 2.36. The Morgan fingerprint density at radius 1 is 1.29 bits per heavy atom. The van der Waals surface area contributed by atoms with Crippen LogP contribution in [-0.2, 0) is 9.59 Å². The van der Waals surface area contributed by atoms with Crippen molar-refractivity contribution in [3.8, 4) is 0 Å². The van der Waals surface area contributed by atoms with Crippen molar-refractivity contribution in [3.63, 3.8) is 0 Å². The van der Waals surface area contributed by atoms with Crippen LogP contribution in [0.4, 0.5) is 0 Å². The summed E-state index contributed by atoms with van der Waals surface area (Å²) in [6, 6.07) is 0. The van der Waals surface area contributed by atoms with Gasteiger partial charge in [-0.25, -0.2) is 0 Å². The van der Waals surface area contributed by atoms with E-state index < -0.39 is 0 Å². The summed E-state index contributed by atoms with van der Waals surface area (Å²) in [6.07, 6.45) is 6.85. The Labute approximate surface area is 103 Å². The predicted molar refractivity (Wildman–Crippen MR) is 70.2 cm³/mol. The lowest BCUT2D eigenvalue weighted by Crippen LogP contribution is -2.28. The van der Waals surface area contributed by atoms with Crippen LogP contribution in [0, 0.1) is 11.3 Å². The van der Waals surface area contributed by atoms with Gasteiger partial charge in [-0.05, 0) is 30.0 Å². The second kappa shape index (κ2) is 8.67. The molecule has 1 N–H and O–H groups in total. The molecule has 0 aliphatic heterocycles. The minimum absolute atomic E-state index is 0.128. The molecular formula is C13H22N2O2. The number of aldehydes is 2. The first-order valence-electron chi connectivity index (χ1n) is 5.79. The van der Waals surface area contributed by atoms with Gasteiger partial charge < -0.3 is 5.32 Å². The summed E-state index contributed by atoms with van der Waals surface area (Å²) >= 11 is 0. The lowest BCUT2D eigenvalue weighted by molar-refractivity contribution is -0.104. The summed E-state index contributed by atoms with van der Waals surface area (Å²) in [5, 5.41) is 3.09. The van der Waals surface area contributed by atoms with E-state index in [1.165, 1.54) is 12.3 Å². The summed E-state index contributed by atoms with van der Waals surface area (Å²) in [4.78, 5) is 24.2. The summed E-state index contributed by atoms with van der Waals surface area (Å²) in [7, 11) is 0. The van der Waals surface area contributed by atoms with E-state index in [1.54, 1.807) is 6.20 Å². The second-order valence-corrected chi connectivity index (χ2v) is 5.00. The molecule has 0 bridgehead atoms. The zero-order valence-corrected chi connectivity index (χ0v) is 10.8. The van der Waals surface area contributed by atoms with Crippen molar-refractivity contribution in [1.29, 1.82) is 0 Å². The molecule has 0 rings (SSSR count). The molecule has 0 spiro atoms. The molecule has 96 valence electrons. The standard InChI is InChI=1S/C13H22N2O2/c1-12(10-14-6-8-17)9-13(2,3)11-15-5-4-7-16/h4-8,12,15H,9-11H2,1-3H3. The Morgan fingerprint density at radius 3 is 2.59 bits per heavy atom. The Balaban J connectivity index is 3.96. The largest absolute Gasteiger partial charge is 0.390 e. The number of carbonyl (C=O) groups excluding carboxylic acids is 2. The average Bonchev–Trinajstić information content (AvgIpc) is 2.24. The molecule has 0 aliphatic carbocycles. The highest BCUT2D eigenvalue weighted by Crippen LogP contribution is 2.24. The van der Waals surface area contributed by atoms with Crippen LogP contribution in [0.2, 0.25) is 0 Å².